The molecule has 4 aromatic heterocycles. The highest BCUT2D eigenvalue weighted by molar-refractivity contribution is 6.00. The first kappa shape index (κ1) is 47.6. The van der Waals surface area contributed by atoms with Crippen LogP contribution in [-0.2, 0) is 36.6 Å². The van der Waals surface area contributed by atoms with E-state index in [4.69, 9.17) is 4.98 Å². The molecule has 0 spiro atoms. The van der Waals surface area contributed by atoms with E-state index in [0.717, 1.165) is 115 Å². The summed E-state index contributed by atoms with van der Waals surface area (Å²) in [6, 6.07) is 15.0. The maximum absolute atomic E-state index is 16.2. The number of imide groups is 1. The Labute approximate surface area is 417 Å². The van der Waals surface area contributed by atoms with E-state index in [1.54, 1.807) is 22.4 Å². The molecule has 5 aliphatic heterocycles. The smallest absolute Gasteiger partial charge is 0.329 e. The molecule has 0 unspecified atom stereocenters. The zero-order valence-electron chi connectivity index (χ0n) is 41.9. The van der Waals surface area contributed by atoms with Gasteiger partial charge in [-0.3, -0.25) is 52.9 Å². The topological polar surface area (TPSA) is 155 Å². The number of aryl methyl sites for hydroxylation is 3. The highest BCUT2D eigenvalue weighted by Gasteiger charge is 2.33. The number of nitrogens with zero attached hydrogens (tertiary/aromatic N) is 9. The van der Waals surface area contributed by atoms with Crippen molar-refractivity contribution >= 4 is 51.0 Å². The van der Waals surface area contributed by atoms with Gasteiger partial charge in [-0.05, 0) is 118 Å². The number of likely N-dealkylation sites (tertiary alicyclic amines) is 1. The monoisotopic (exact) mass is 978 g/mol. The summed E-state index contributed by atoms with van der Waals surface area (Å²) in [5.41, 5.74) is 9.45. The Morgan fingerprint density at radius 2 is 1.72 bits per heavy atom. The molecule has 17 heteroatoms. The van der Waals surface area contributed by atoms with E-state index in [1.807, 2.05) is 61.5 Å². The largest absolute Gasteiger partial charge is 0.384 e. The molecule has 0 bridgehead atoms. The number of piperazine rings is 1. The Morgan fingerprint density at radius 3 is 2.47 bits per heavy atom. The van der Waals surface area contributed by atoms with E-state index in [-0.39, 0.29) is 41.3 Å². The summed E-state index contributed by atoms with van der Waals surface area (Å²) < 4.78 is 23.1. The number of piperidine rings is 2. The molecule has 376 valence electrons. The standard InChI is InChI=1S/C55H64FN11O5/c1-33-26-39(28-42(56)50(33)38-14-21-63(22-15-38)35(3)47-29-41-44(11-18-58-51(41)60(47)4)66-23-16-43-40(54(66)71)10-17-57-43)53(70)64-19-12-36(13-20-64)32-65-25-24-62(30-34(65)2)31-37-6-7-45-48(27-37)61(5)55(72)67(45)46-8-9-49(68)59-52(46)69/h6-7,11,14,16,18,23,26-29,34-36,46,57H,8-10,12-13,15,17,19-22,24-25,30-32H2,1-5H3,(H,59,68,69)/t34-,35-,46+/m0/s1. The number of rotatable bonds is 10. The molecule has 0 saturated carbocycles. The number of fused-ring (bicyclic) bond motifs is 3. The van der Waals surface area contributed by atoms with Crippen molar-refractivity contribution < 1.29 is 18.8 Å². The van der Waals surface area contributed by atoms with Crippen molar-refractivity contribution in [3.05, 3.63) is 127 Å². The van der Waals surface area contributed by atoms with Crippen molar-refractivity contribution in [2.24, 2.45) is 20.0 Å². The van der Waals surface area contributed by atoms with Gasteiger partial charge in [0, 0.05) is 144 Å². The number of amides is 3. The minimum Gasteiger partial charge on any atom is -0.384 e. The predicted molar refractivity (Wildman–Crippen MR) is 276 cm³/mol. The van der Waals surface area contributed by atoms with Crippen LogP contribution >= 0.6 is 0 Å². The van der Waals surface area contributed by atoms with Crippen LogP contribution in [0.2, 0.25) is 0 Å². The van der Waals surface area contributed by atoms with Crippen molar-refractivity contribution in [2.45, 2.75) is 84.0 Å². The average Bonchev–Trinajstić information content (AvgIpc) is 4.06. The SMILES string of the molecule is Cc1cc(C(=O)N2CCC(CN3CCN(Cc4ccc5c(c4)n(C)c(=O)n5[C@@H]4CCC(=O)NC4=O)C[C@@H]3C)CC2)cc(F)c1C1=CCN([C@@H](C)c2cc3c(-n4ccc5c(c4=O)CCN5)ccnc3n2C)CC1. The van der Waals surface area contributed by atoms with Gasteiger partial charge in [0.2, 0.25) is 11.8 Å². The summed E-state index contributed by atoms with van der Waals surface area (Å²) >= 11 is 0. The number of benzene rings is 2. The number of aromatic nitrogens is 5. The van der Waals surface area contributed by atoms with Gasteiger partial charge >= 0.3 is 5.69 Å². The van der Waals surface area contributed by atoms with E-state index < -0.39 is 11.9 Å². The maximum atomic E-state index is 16.2. The third-order valence-electron chi connectivity index (χ3n) is 16.5. The molecule has 2 aromatic carbocycles. The van der Waals surface area contributed by atoms with E-state index in [0.29, 0.717) is 67.5 Å². The van der Waals surface area contributed by atoms with Crippen LogP contribution in [0.1, 0.15) is 96.3 Å². The van der Waals surface area contributed by atoms with Gasteiger partial charge in [0.05, 0.1) is 16.7 Å². The first-order chi connectivity index (χ1) is 34.7. The summed E-state index contributed by atoms with van der Waals surface area (Å²) in [7, 11) is 3.75. The van der Waals surface area contributed by atoms with Crippen LogP contribution in [-0.4, -0.2) is 126 Å². The fourth-order valence-electron chi connectivity index (χ4n) is 12.4. The second kappa shape index (κ2) is 19.1. The Kier molecular flexibility index (Phi) is 12.6. The average molecular weight is 978 g/mol. The van der Waals surface area contributed by atoms with Gasteiger partial charge in [0.1, 0.15) is 17.5 Å². The number of anilines is 1. The van der Waals surface area contributed by atoms with Crippen LogP contribution in [0.15, 0.2) is 76.6 Å². The quantitative estimate of drug-likeness (QED) is 0.164. The number of carbonyl (C=O) groups is 3. The number of pyridine rings is 2. The highest BCUT2D eigenvalue weighted by atomic mass is 19.1. The number of hydrogen-bond acceptors (Lipinski definition) is 10. The fraction of sp³-hybridized carbons (Fsp3) is 0.455. The van der Waals surface area contributed by atoms with Crippen molar-refractivity contribution in [2.75, 3.05) is 64.2 Å². The van der Waals surface area contributed by atoms with Crippen LogP contribution in [0.4, 0.5) is 10.1 Å². The van der Waals surface area contributed by atoms with Crippen LogP contribution < -0.4 is 21.9 Å². The lowest BCUT2D eigenvalue weighted by molar-refractivity contribution is -0.135. The molecule has 5 aliphatic rings. The van der Waals surface area contributed by atoms with Gasteiger partial charge in [0.25, 0.3) is 11.5 Å². The molecule has 3 fully saturated rings. The molecular weight excluding hydrogens is 914 g/mol. The molecule has 3 atom stereocenters. The Bertz CT molecular complexity index is 3300. The number of carbonyl (C=O) groups excluding carboxylic acids is 3. The van der Waals surface area contributed by atoms with Gasteiger partial charge in [-0.15, -0.1) is 0 Å². The van der Waals surface area contributed by atoms with E-state index >= 15 is 4.39 Å². The normalized spacial score (nSPS) is 21.0. The number of halogens is 1. The van der Waals surface area contributed by atoms with Gasteiger partial charge in [-0.25, -0.2) is 14.2 Å². The van der Waals surface area contributed by atoms with Gasteiger partial charge < -0.3 is 14.8 Å². The highest BCUT2D eigenvalue weighted by Crippen LogP contribution is 2.35. The molecule has 3 saturated heterocycles. The maximum Gasteiger partial charge on any atom is 0.329 e. The zero-order valence-corrected chi connectivity index (χ0v) is 41.9. The lowest BCUT2D eigenvalue weighted by atomic mass is 9.92. The predicted octanol–water partition coefficient (Wildman–Crippen LogP) is 5.68. The number of imidazole rings is 1. The molecule has 2 N–H and O–H groups in total. The van der Waals surface area contributed by atoms with E-state index in [2.05, 4.69) is 55.9 Å². The first-order valence-electron chi connectivity index (χ1n) is 25.7. The Hall–Kier alpha value is -6.69. The second-order valence-electron chi connectivity index (χ2n) is 20.9. The third-order valence-corrected chi connectivity index (χ3v) is 16.5. The summed E-state index contributed by atoms with van der Waals surface area (Å²) in [6.45, 7) is 14.3. The molecule has 9 heterocycles. The molecule has 0 aliphatic carbocycles. The Balaban J connectivity index is 0.677. The van der Waals surface area contributed by atoms with E-state index in [9.17, 15) is 24.0 Å². The van der Waals surface area contributed by atoms with Crippen molar-refractivity contribution in [1.82, 2.24) is 48.2 Å². The lowest BCUT2D eigenvalue weighted by Gasteiger charge is -2.42. The van der Waals surface area contributed by atoms with Crippen molar-refractivity contribution in [3.63, 3.8) is 0 Å². The zero-order chi connectivity index (χ0) is 50.1. The molecule has 6 aromatic rings. The van der Waals surface area contributed by atoms with Crippen LogP contribution in [0.5, 0.6) is 0 Å². The molecular formula is C55H64FN11O5. The summed E-state index contributed by atoms with van der Waals surface area (Å²) in [6.07, 6.45) is 9.43. The second-order valence-corrected chi connectivity index (χ2v) is 20.9. The van der Waals surface area contributed by atoms with Crippen molar-refractivity contribution in [3.8, 4) is 5.69 Å². The summed E-state index contributed by atoms with van der Waals surface area (Å²) in [4.78, 5) is 79.1. The molecule has 11 rings (SSSR count). The lowest BCUT2D eigenvalue weighted by Crippen LogP contribution is -2.53. The van der Waals surface area contributed by atoms with Crippen LogP contribution in [0.25, 0.3) is 33.3 Å². The fourth-order valence-corrected chi connectivity index (χ4v) is 12.4. The molecule has 0 radical (unpaired) electrons. The van der Waals surface area contributed by atoms with Crippen LogP contribution in [0.3, 0.4) is 0 Å². The Morgan fingerprint density at radius 1 is 0.903 bits per heavy atom. The molecule has 16 nitrogen and oxygen atoms in total. The van der Waals surface area contributed by atoms with E-state index in [1.165, 1.54) is 10.6 Å². The summed E-state index contributed by atoms with van der Waals surface area (Å²) in [5, 5.41) is 6.59. The third kappa shape index (κ3) is 8.57. The van der Waals surface area contributed by atoms with Gasteiger partial charge in [-0.1, -0.05) is 12.1 Å². The molecule has 72 heavy (non-hydrogen) atoms. The van der Waals surface area contributed by atoms with Crippen LogP contribution in [0, 0.1) is 18.7 Å². The number of nitrogens with one attached hydrogen (secondary N) is 2. The summed E-state index contributed by atoms with van der Waals surface area (Å²) in [5.74, 6) is -0.741. The van der Waals surface area contributed by atoms with Gasteiger partial charge in [-0.2, -0.15) is 0 Å². The minimum atomic E-state index is -0.707. The number of hydrogen-bond donors (Lipinski definition) is 2. The van der Waals surface area contributed by atoms with Crippen molar-refractivity contribution in [1.29, 1.82) is 0 Å². The van der Waals surface area contributed by atoms with Gasteiger partial charge in [0.15, 0.2) is 0 Å². The molecule has 3 amide bonds. The minimum absolute atomic E-state index is 0.00302. The first-order valence-corrected chi connectivity index (χ1v) is 25.7.